The van der Waals surface area contributed by atoms with Crippen LogP contribution in [0.5, 0.6) is 0 Å². The fourth-order valence-electron chi connectivity index (χ4n) is 3.00. The summed E-state index contributed by atoms with van der Waals surface area (Å²) in [5, 5.41) is 6.00. The summed E-state index contributed by atoms with van der Waals surface area (Å²) in [4.78, 5) is 2.57. The third-order valence-corrected chi connectivity index (χ3v) is 4.62. The van der Waals surface area contributed by atoms with Gasteiger partial charge in [0.1, 0.15) is 0 Å². The Morgan fingerprint density at radius 2 is 2.15 bits per heavy atom. The number of hydrogen-bond donors (Lipinski definition) is 0. The molecule has 0 radical (unpaired) electrons. The lowest BCUT2D eigenvalue weighted by molar-refractivity contribution is 0.118. The van der Waals surface area contributed by atoms with Crippen LogP contribution in [0.4, 0.5) is 0 Å². The van der Waals surface area contributed by atoms with Gasteiger partial charge >= 0.3 is 0 Å². The maximum atomic E-state index is 5.87. The molecule has 20 heavy (non-hydrogen) atoms. The second-order valence-electron chi connectivity index (χ2n) is 5.69. The maximum Gasteiger partial charge on any atom is 0.0843 e. The zero-order chi connectivity index (χ0) is 13.9. The molecule has 0 atom stereocenters. The Bertz CT molecular complexity index is 574. The Labute approximate surface area is 125 Å². The predicted molar refractivity (Wildman–Crippen MR) is 84.1 cm³/mol. The number of aryl methyl sites for hydroxylation is 1. The van der Waals surface area contributed by atoms with E-state index >= 15 is 0 Å². The molecule has 4 heteroatoms. The molecule has 0 bridgehead atoms. The number of hydrogen-bond acceptors (Lipinski definition) is 2. The number of para-hydroxylation sites is 1. The van der Waals surface area contributed by atoms with Crippen LogP contribution >= 0.6 is 11.6 Å². The fraction of sp³-hybridized carbons (Fsp3) is 0.562. The molecule has 1 fully saturated rings. The Morgan fingerprint density at radius 1 is 1.35 bits per heavy atom. The van der Waals surface area contributed by atoms with Gasteiger partial charge < -0.3 is 0 Å². The molecule has 3 rings (SSSR count). The van der Waals surface area contributed by atoms with Crippen molar-refractivity contribution in [2.45, 2.75) is 38.3 Å². The van der Waals surface area contributed by atoms with Gasteiger partial charge in [0.25, 0.3) is 0 Å². The van der Waals surface area contributed by atoms with Gasteiger partial charge in [0, 0.05) is 30.9 Å². The van der Waals surface area contributed by atoms with Crippen LogP contribution in [0.3, 0.4) is 0 Å². The third kappa shape index (κ3) is 2.70. The Kier molecular flexibility index (Phi) is 4.27. The number of alkyl halides is 1. The molecule has 1 aromatic heterocycles. The molecule has 0 unspecified atom stereocenters. The van der Waals surface area contributed by atoms with Crippen LogP contribution in [-0.2, 0) is 13.6 Å². The monoisotopic (exact) mass is 291 g/mol. The van der Waals surface area contributed by atoms with E-state index in [-0.39, 0.29) is 0 Å². The zero-order valence-electron chi connectivity index (χ0n) is 12.1. The van der Waals surface area contributed by atoms with E-state index < -0.39 is 0 Å². The predicted octanol–water partition coefficient (Wildman–Crippen LogP) is 3.56. The van der Waals surface area contributed by atoms with Crippen molar-refractivity contribution in [3.05, 3.63) is 30.0 Å². The van der Waals surface area contributed by atoms with Crippen molar-refractivity contribution in [2.24, 2.45) is 7.05 Å². The molecule has 0 saturated heterocycles. The average Bonchev–Trinajstić information content (AvgIpc) is 2.71. The van der Waals surface area contributed by atoms with E-state index in [2.05, 4.69) is 29.2 Å². The van der Waals surface area contributed by atoms with Crippen molar-refractivity contribution in [1.82, 2.24) is 14.7 Å². The van der Waals surface area contributed by atoms with Crippen LogP contribution < -0.4 is 0 Å². The standard InChI is InChI=1S/C16H22ClN3/c1-19-16-9-3-2-8-14(16)15(18-19)12-20(11-5-10-17)13-6-4-7-13/h2-3,8-9,13H,4-7,10-12H2,1H3. The lowest BCUT2D eigenvalue weighted by Crippen LogP contribution is -2.40. The third-order valence-electron chi connectivity index (χ3n) is 4.36. The van der Waals surface area contributed by atoms with Crippen LogP contribution in [0.2, 0.25) is 0 Å². The normalized spacial score (nSPS) is 15.9. The fourth-order valence-corrected chi connectivity index (χ4v) is 3.12. The summed E-state index contributed by atoms with van der Waals surface area (Å²) in [6.07, 6.45) is 5.08. The van der Waals surface area contributed by atoms with Crippen LogP contribution in [0.25, 0.3) is 10.9 Å². The van der Waals surface area contributed by atoms with E-state index in [0.29, 0.717) is 0 Å². The van der Waals surface area contributed by atoms with E-state index in [4.69, 9.17) is 16.7 Å². The molecule has 0 amide bonds. The van der Waals surface area contributed by atoms with Crippen LogP contribution in [0.15, 0.2) is 24.3 Å². The van der Waals surface area contributed by atoms with Gasteiger partial charge in [-0.25, -0.2) is 0 Å². The summed E-state index contributed by atoms with van der Waals surface area (Å²) in [5.74, 6) is 0.742. The molecule has 1 aliphatic rings. The first-order valence-electron chi connectivity index (χ1n) is 7.50. The summed E-state index contributed by atoms with van der Waals surface area (Å²) in [5.41, 5.74) is 2.41. The van der Waals surface area contributed by atoms with E-state index in [1.54, 1.807) is 0 Å². The number of benzene rings is 1. The van der Waals surface area contributed by atoms with Gasteiger partial charge in [0.05, 0.1) is 11.2 Å². The zero-order valence-corrected chi connectivity index (χ0v) is 12.8. The Morgan fingerprint density at radius 3 is 2.85 bits per heavy atom. The molecule has 0 aliphatic heterocycles. The summed E-state index contributed by atoms with van der Waals surface area (Å²) in [6.45, 7) is 2.03. The van der Waals surface area contributed by atoms with Gasteiger partial charge in [-0.3, -0.25) is 9.58 Å². The quantitative estimate of drug-likeness (QED) is 0.759. The average molecular weight is 292 g/mol. The molecule has 0 N–H and O–H groups in total. The minimum atomic E-state index is 0.735. The van der Waals surface area contributed by atoms with Crippen molar-refractivity contribution < 1.29 is 0 Å². The summed E-state index contributed by atoms with van der Waals surface area (Å²) in [7, 11) is 2.03. The van der Waals surface area contributed by atoms with E-state index in [1.807, 2.05) is 11.7 Å². The van der Waals surface area contributed by atoms with Gasteiger partial charge in [-0.15, -0.1) is 11.6 Å². The van der Waals surface area contributed by atoms with E-state index in [9.17, 15) is 0 Å². The molecule has 2 aromatic rings. The highest BCUT2D eigenvalue weighted by Crippen LogP contribution is 2.28. The lowest BCUT2D eigenvalue weighted by Gasteiger charge is -2.37. The van der Waals surface area contributed by atoms with Gasteiger partial charge in [0.15, 0.2) is 0 Å². The first kappa shape index (κ1) is 13.9. The molecular formula is C16H22ClN3. The van der Waals surface area contributed by atoms with Crippen molar-refractivity contribution in [3.63, 3.8) is 0 Å². The van der Waals surface area contributed by atoms with Gasteiger partial charge in [-0.2, -0.15) is 5.10 Å². The number of aromatic nitrogens is 2. The van der Waals surface area contributed by atoms with Crippen LogP contribution in [0.1, 0.15) is 31.4 Å². The molecule has 1 aromatic carbocycles. The molecule has 108 valence electrons. The number of fused-ring (bicyclic) bond motifs is 1. The highest BCUT2D eigenvalue weighted by molar-refractivity contribution is 6.17. The van der Waals surface area contributed by atoms with E-state index in [0.717, 1.165) is 31.4 Å². The highest BCUT2D eigenvalue weighted by Gasteiger charge is 2.25. The smallest absolute Gasteiger partial charge is 0.0843 e. The summed E-state index contributed by atoms with van der Waals surface area (Å²) < 4.78 is 1.99. The minimum Gasteiger partial charge on any atom is -0.294 e. The Hall–Kier alpha value is -1.06. The maximum absolute atomic E-state index is 5.87. The van der Waals surface area contributed by atoms with Crippen molar-refractivity contribution >= 4 is 22.5 Å². The molecule has 0 spiro atoms. The highest BCUT2D eigenvalue weighted by atomic mass is 35.5. The SMILES string of the molecule is Cn1nc(CN(CCCCl)C2CCC2)c2ccccc21. The van der Waals surface area contributed by atoms with Gasteiger partial charge in [0.2, 0.25) is 0 Å². The first-order valence-corrected chi connectivity index (χ1v) is 8.03. The number of nitrogens with zero attached hydrogens (tertiary/aromatic N) is 3. The van der Waals surface area contributed by atoms with E-state index in [1.165, 1.54) is 35.9 Å². The van der Waals surface area contributed by atoms with Crippen molar-refractivity contribution in [1.29, 1.82) is 0 Å². The van der Waals surface area contributed by atoms with Gasteiger partial charge in [-0.05, 0) is 31.9 Å². The first-order chi connectivity index (χ1) is 9.79. The Balaban J connectivity index is 1.82. The summed E-state index contributed by atoms with van der Waals surface area (Å²) >= 11 is 5.87. The molecule has 3 nitrogen and oxygen atoms in total. The molecule has 1 heterocycles. The van der Waals surface area contributed by atoms with Gasteiger partial charge in [-0.1, -0.05) is 24.6 Å². The summed E-state index contributed by atoms with van der Waals surface area (Å²) in [6, 6.07) is 9.22. The van der Waals surface area contributed by atoms with Crippen LogP contribution in [0, 0.1) is 0 Å². The lowest BCUT2D eigenvalue weighted by atomic mass is 9.91. The van der Waals surface area contributed by atoms with Crippen LogP contribution in [-0.4, -0.2) is 33.1 Å². The number of halogens is 1. The molecule has 1 saturated carbocycles. The number of rotatable bonds is 6. The minimum absolute atomic E-state index is 0.735. The molecular weight excluding hydrogens is 270 g/mol. The molecule has 1 aliphatic carbocycles. The topological polar surface area (TPSA) is 21.1 Å². The second kappa shape index (κ2) is 6.15. The van der Waals surface area contributed by atoms with Crippen molar-refractivity contribution in [3.8, 4) is 0 Å². The second-order valence-corrected chi connectivity index (χ2v) is 6.06. The largest absolute Gasteiger partial charge is 0.294 e. The van der Waals surface area contributed by atoms with Crippen molar-refractivity contribution in [2.75, 3.05) is 12.4 Å².